The highest BCUT2D eigenvalue weighted by atomic mass is 79.9. The summed E-state index contributed by atoms with van der Waals surface area (Å²) < 4.78 is 50.1. The Morgan fingerprint density at radius 2 is 1.24 bits per heavy atom. The van der Waals surface area contributed by atoms with Crippen LogP contribution in [-0.2, 0) is 6.18 Å². The number of alkyl halides is 3. The average Bonchev–Trinajstić information content (AvgIpc) is 3.34. The highest BCUT2D eigenvalue weighted by Crippen LogP contribution is 2.34. The molecular formula is C27H17Br2F3N4O. The van der Waals surface area contributed by atoms with E-state index in [1.807, 2.05) is 54.6 Å². The summed E-state index contributed by atoms with van der Waals surface area (Å²) in [5.41, 5.74) is 2.19. The number of hydrogen-bond acceptors (Lipinski definition) is 4. The molecule has 0 aliphatic carbocycles. The van der Waals surface area contributed by atoms with Gasteiger partial charge in [-0.3, -0.25) is 0 Å². The van der Waals surface area contributed by atoms with E-state index in [0.29, 0.717) is 22.7 Å². The van der Waals surface area contributed by atoms with E-state index in [0.717, 1.165) is 26.1 Å². The van der Waals surface area contributed by atoms with Gasteiger partial charge in [0.1, 0.15) is 5.75 Å². The van der Waals surface area contributed by atoms with E-state index in [1.54, 1.807) is 24.3 Å². The van der Waals surface area contributed by atoms with E-state index in [2.05, 4.69) is 46.9 Å². The minimum atomic E-state index is -4.68. The molecule has 37 heavy (non-hydrogen) atoms. The molecule has 0 aliphatic rings. The summed E-state index contributed by atoms with van der Waals surface area (Å²) >= 11 is 6.84. The number of halogens is 5. The number of nitrogens with zero attached hydrogens (tertiary/aromatic N) is 4. The van der Waals surface area contributed by atoms with E-state index in [9.17, 15) is 13.2 Å². The first kappa shape index (κ1) is 25.2. The predicted molar refractivity (Wildman–Crippen MR) is 142 cm³/mol. The van der Waals surface area contributed by atoms with Gasteiger partial charge in [0.05, 0.1) is 24.2 Å². The summed E-state index contributed by atoms with van der Waals surface area (Å²) in [4.78, 5) is 8.38. The molecule has 0 N–H and O–H groups in total. The van der Waals surface area contributed by atoms with Gasteiger partial charge in [-0.05, 0) is 60.7 Å². The molecule has 186 valence electrons. The maximum Gasteiger partial charge on any atom is 0.433 e. The number of benzene rings is 3. The molecule has 10 heteroatoms. The molecule has 0 fully saturated rings. The van der Waals surface area contributed by atoms with Crippen molar-refractivity contribution in [2.45, 2.75) is 6.18 Å². The lowest BCUT2D eigenvalue weighted by molar-refractivity contribution is -0.141. The molecule has 5 aromatic rings. The third kappa shape index (κ3) is 5.45. The Morgan fingerprint density at radius 3 is 1.81 bits per heavy atom. The summed E-state index contributed by atoms with van der Waals surface area (Å²) in [6, 6.07) is 24.3. The fourth-order valence-electron chi connectivity index (χ4n) is 3.71. The Hall–Kier alpha value is -3.50. The Balaban J connectivity index is 1.72. The van der Waals surface area contributed by atoms with Crippen molar-refractivity contribution in [3.63, 3.8) is 0 Å². The first-order valence-corrected chi connectivity index (χ1v) is 12.5. The minimum Gasteiger partial charge on any atom is -0.497 e. The molecule has 0 unspecified atom stereocenters. The molecule has 0 saturated heterocycles. The molecule has 2 heterocycles. The summed E-state index contributed by atoms with van der Waals surface area (Å²) in [6.45, 7) is 0. The highest BCUT2D eigenvalue weighted by Gasteiger charge is 2.34. The lowest BCUT2D eigenvalue weighted by Crippen LogP contribution is -2.14. The van der Waals surface area contributed by atoms with Gasteiger partial charge in [-0.25, -0.2) is 9.97 Å². The Labute approximate surface area is 227 Å². The Morgan fingerprint density at radius 1 is 0.703 bits per heavy atom. The smallest absolute Gasteiger partial charge is 0.433 e. The van der Waals surface area contributed by atoms with Crippen molar-refractivity contribution >= 4 is 31.9 Å². The van der Waals surface area contributed by atoms with Crippen LogP contribution in [0.15, 0.2) is 93.9 Å². The van der Waals surface area contributed by atoms with Crippen LogP contribution < -0.4 is 4.74 Å². The molecule has 3 aromatic carbocycles. The molecule has 0 spiro atoms. The average molecular weight is 630 g/mol. The summed E-state index contributed by atoms with van der Waals surface area (Å²) in [7, 11) is 1.52. The predicted octanol–water partition coefficient (Wildman–Crippen LogP) is 8.22. The molecule has 0 amide bonds. The van der Waals surface area contributed by atoms with Crippen LogP contribution in [0.4, 0.5) is 13.2 Å². The number of rotatable bonds is 5. The van der Waals surface area contributed by atoms with Gasteiger partial charge in [-0.15, -0.1) is 0 Å². The van der Waals surface area contributed by atoms with Crippen LogP contribution in [0.25, 0.3) is 39.7 Å². The van der Waals surface area contributed by atoms with Crippen LogP contribution in [0.1, 0.15) is 5.69 Å². The van der Waals surface area contributed by atoms with Gasteiger partial charge >= 0.3 is 6.18 Å². The molecular weight excluding hydrogens is 613 g/mol. The molecule has 5 rings (SSSR count). The Kier molecular flexibility index (Phi) is 6.87. The van der Waals surface area contributed by atoms with E-state index in [-0.39, 0.29) is 11.6 Å². The fourth-order valence-corrected chi connectivity index (χ4v) is 4.23. The van der Waals surface area contributed by atoms with Gasteiger partial charge in [-0.1, -0.05) is 56.1 Å². The van der Waals surface area contributed by atoms with Crippen LogP contribution in [0, 0.1) is 0 Å². The minimum absolute atomic E-state index is 0.113. The van der Waals surface area contributed by atoms with Gasteiger partial charge in [-0.2, -0.15) is 23.0 Å². The van der Waals surface area contributed by atoms with Crippen molar-refractivity contribution < 1.29 is 17.9 Å². The lowest BCUT2D eigenvalue weighted by Gasteiger charge is -2.12. The van der Waals surface area contributed by atoms with Gasteiger partial charge in [0.15, 0.2) is 5.69 Å². The van der Waals surface area contributed by atoms with Crippen LogP contribution in [-0.4, -0.2) is 26.9 Å². The second-order valence-corrected chi connectivity index (χ2v) is 9.84. The first-order chi connectivity index (χ1) is 17.7. The van der Waals surface area contributed by atoms with Crippen LogP contribution in [0.2, 0.25) is 0 Å². The molecule has 2 aromatic heterocycles. The number of hydrogen-bond donors (Lipinski definition) is 0. The SMILES string of the molecule is COc1ccc(-c2cc(C(F)(F)F)nc(-n3nc(-c4ccc(Br)cc4)cc3-c3ccc(Br)cc3)n2)cc1. The van der Waals surface area contributed by atoms with Crippen molar-refractivity contribution in [3.05, 3.63) is 99.6 Å². The van der Waals surface area contributed by atoms with Crippen LogP contribution in [0.5, 0.6) is 5.75 Å². The van der Waals surface area contributed by atoms with Gasteiger partial charge in [0.25, 0.3) is 5.95 Å². The molecule has 5 nitrogen and oxygen atoms in total. The van der Waals surface area contributed by atoms with E-state index >= 15 is 0 Å². The van der Waals surface area contributed by atoms with Crippen molar-refractivity contribution in [3.8, 4) is 45.5 Å². The zero-order valence-corrected chi connectivity index (χ0v) is 22.3. The summed E-state index contributed by atoms with van der Waals surface area (Å²) in [6.07, 6.45) is -4.68. The van der Waals surface area contributed by atoms with E-state index in [1.165, 1.54) is 11.8 Å². The third-order valence-electron chi connectivity index (χ3n) is 5.57. The van der Waals surface area contributed by atoms with Gasteiger partial charge < -0.3 is 4.74 Å². The summed E-state index contributed by atoms with van der Waals surface area (Å²) in [5, 5.41) is 4.64. The van der Waals surface area contributed by atoms with Crippen LogP contribution >= 0.6 is 31.9 Å². The molecule has 0 saturated carbocycles. The number of aromatic nitrogens is 4. The van der Waals surface area contributed by atoms with Gasteiger partial charge in [0.2, 0.25) is 0 Å². The van der Waals surface area contributed by atoms with Crippen molar-refractivity contribution in [1.82, 2.24) is 19.7 Å². The quantitative estimate of drug-likeness (QED) is 0.197. The third-order valence-corrected chi connectivity index (χ3v) is 6.63. The van der Waals surface area contributed by atoms with E-state index < -0.39 is 11.9 Å². The maximum absolute atomic E-state index is 13.9. The Bertz CT molecular complexity index is 1550. The maximum atomic E-state index is 13.9. The van der Waals surface area contributed by atoms with E-state index in [4.69, 9.17) is 4.74 Å². The van der Waals surface area contributed by atoms with Gasteiger partial charge in [0, 0.05) is 25.6 Å². The molecule has 0 radical (unpaired) electrons. The highest BCUT2D eigenvalue weighted by molar-refractivity contribution is 9.10. The number of methoxy groups -OCH3 is 1. The lowest BCUT2D eigenvalue weighted by atomic mass is 10.1. The molecule has 0 aliphatic heterocycles. The van der Waals surface area contributed by atoms with Crippen molar-refractivity contribution in [2.75, 3.05) is 7.11 Å². The normalized spacial score (nSPS) is 11.5. The number of ether oxygens (including phenoxy) is 1. The fraction of sp³-hybridized carbons (Fsp3) is 0.0741. The zero-order chi connectivity index (χ0) is 26.2. The first-order valence-electron chi connectivity index (χ1n) is 10.9. The second kappa shape index (κ2) is 10.1. The van der Waals surface area contributed by atoms with Crippen molar-refractivity contribution in [2.24, 2.45) is 0 Å². The molecule has 0 bridgehead atoms. The van der Waals surface area contributed by atoms with Crippen LogP contribution in [0.3, 0.4) is 0 Å². The summed E-state index contributed by atoms with van der Waals surface area (Å²) in [5.74, 6) is 0.389. The topological polar surface area (TPSA) is 52.8 Å². The standard InChI is InChI=1S/C27H17Br2F3N4O/c1-37-21-12-6-16(7-13-21)22-15-25(27(30,31)32)34-26(33-22)36-24(18-4-10-20(29)11-5-18)14-23(35-36)17-2-8-19(28)9-3-17/h2-15H,1H3. The van der Waals surface area contributed by atoms with Crippen molar-refractivity contribution in [1.29, 1.82) is 0 Å². The largest absolute Gasteiger partial charge is 0.497 e. The zero-order valence-electron chi connectivity index (χ0n) is 19.2. The monoisotopic (exact) mass is 628 g/mol. The molecule has 0 atom stereocenters. The second-order valence-electron chi connectivity index (χ2n) is 8.01.